The molecule has 98 valence electrons. The van der Waals surface area contributed by atoms with Gasteiger partial charge in [0, 0.05) is 26.9 Å². The Morgan fingerprint density at radius 2 is 1.88 bits per heavy atom. The summed E-state index contributed by atoms with van der Waals surface area (Å²) in [5, 5.41) is 3.60. The highest BCUT2D eigenvalue weighted by atomic mass is 16.5. The summed E-state index contributed by atoms with van der Waals surface area (Å²) in [6.45, 7) is 8.52. The summed E-state index contributed by atoms with van der Waals surface area (Å²) in [5.41, 5.74) is 0. The first-order valence-electron chi connectivity index (χ1n) is 6.46. The van der Waals surface area contributed by atoms with E-state index >= 15 is 0 Å². The highest BCUT2D eigenvalue weighted by molar-refractivity contribution is 4.81. The van der Waals surface area contributed by atoms with Crippen LogP contribution in [0.1, 0.15) is 40.0 Å². The van der Waals surface area contributed by atoms with E-state index in [1.807, 2.05) is 0 Å². The molecule has 3 unspecified atom stereocenters. The fraction of sp³-hybridized carbons (Fsp3) is 1.00. The van der Waals surface area contributed by atoms with Crippen LogP contribution in [0.5, 0.6) is 0 Å². The normalized spacial score (nSPS) is 17.1. The molecule has 0 aliphatic carbocycles. The minimum Gasteiger partial charge on any atom is -0.385 e. The zero-order chi connectivity index (χ0) is 12.4. The van der Waals surface area contributed by atoms with Crippen LogP contribution in [0.4, 0.5) is 0 Å². The van der Waals surface area contributed by atoms with Crippen LogP contribution in [0.25, 0.3) is 0 Å². The third-order valence-electron chi connectivity index (χ3n) is 3.13. The van der Waals surface area contributed by atoms with Crippen LogP contribution in [0.3, 0.4) is 0 Å². The van der Waals surface area contributed by atoms with Gasteiger partial charge in [0.05, 0.1) is 6.10 Å². The topological polar surface area (TPSA) is 30.5 Å². The lowest BCUT2D eigenvalue weighted by Gasteiger charge is -2.31. The van der Waals surface area contributed by atoms with E-state index in [0.717, 1.165) is 32.4 Å². The van der Waals surface area contributed by atoms with Crippen LogP contribution in [0.15, 0.2) is 0 Å². The summed E-state index contributed by atoms with van der Waals surface area (Å²) in [4.78, 5) is 0. The molecule has 0 heterocycles. The SMILES string of the molecule is CCCNC(C(C)CCOC)C(CC)OC. The minimum atomic E-state index is 0.304. The predicted octanol–water partition coefficient (Wildman–Crippen LogP) is 2.45. The second-order valence-corrected chi connectivity index (χ2v) is 4.42. The van der Waals surface area contributed by atoms with Crippen molar-refractivity contribution >= 4 is 0 Å². The molecule has 0 aliphatic rings. The van der Waals surface area contributed by atoms with Gasteiger partial charge in [-0.1, -0.05) is 20.8 Å². The molecule has 0 aromatic carbocycles. The minimum absolute atomic E-state index is 0.304. The molecule has 0 fully saturated rings. The van der Waals surface area contributed by atoms with Gasteiger partial charge in [-0.25, -0.2) is 0 Å². The van der Waals surface area contributed by atoms with Crippen molar-refractivity contribution in [2.75, 3.05) is 27.4 Å². The lowest BCUT2D eigenvalue weighted by Crippen LogP contribution is -2.45. The number of hydrogen-bond acceptors (Lipinski definition) is 3. The highest BCUT2D eigenvalue weighted by Crippen LogP contribution is 2.16. The van der Waals surface area contributed by atoms with Gasteiger partial charge < -0.3 is 14.8 Å². The lowest BCUT2D eigenvalue weighted by molar-refractivity contribution is 0.0407. The molecule has 1 N–H and O–H groups in total. The number of hydrogen-bond donors (Lipinski definition) is 1. The molecule has 0 radical (unpaired) electrons. The van der Waals surface area contributed by atoms with Crippen molar-refractivity contribution in [3.8, 4) is 0 Å². The van der Waals surface area contributed by atoms with Crippen molar-refractivity contribution in [2.24, 2.45) is 5.92 Å². The van der Waals surface area contributed by atoms with E-state index in [-0.39, 0.29) is 0 Å². The quantitative estimate of drug-likeness (QED) is 0.626. The third kappa shape index (κ3) is 5.83. The molecule has 0 rings (SSSR count). The monoisotopic (exact) mass is 231 g/mol. The Labute approximate surface area is 101 Å². The van der Waals surface area contributed by atoms with E-state index in [9.17, 15) is 0 Å². The molecular weight excluding hydrogens is 202 g/mol. The molecule has 0 bridgehead atoms. The summed E-state index contributed by atoms with van der Waals surface area (Å²) >= 11 is 0. The molecule has 0 aromatic heterocycles. The first-order chi connectivity index (χ1) is 7.71. The fourth-order valence-corrected chi connectivity index (χ4v) is 2.06. The van der Waals surface area contributed by atoms with E-state index in [4.69, 9.17) is 9.47 Å². The summed E-state index contributed by atoms with van der Waals surface area (Å²) in [5.74, 6) is 0.580. The average Bonchev–Trinajstić information content (AvgIpc) is 2.31. The molecule has 3 atom stereocenters. The van der Waals surface area contributed by atoms with Gasteiger partial charge in [-0.2, -0.15) is 0 Å². The lowest BCUT2D eigenvalue weighted by atomic mass is 9.92. The van der Waals surface area contributed by atoms with Gasteiger partial charge in [-0.3, -0.25) is 0 Å². The summed E-state index contributed by atoms with van der Waals surface area (Å²) in [6, 6.07) is 0.435. The molecule has 0 aromatic rings. The molecule has 0 saturated heterocycles. The number of methoxy groups -OCH3 is 2. The summed E-state index contributed by atoms with van der Waals surface area (Å²) < 4.78 is 10.7. The number of rotatable bonds is 10. The van der Waals surface area contributed by atoms with Crippen molar-refractivity contribution in [1.82, 2.24) is 5.32 Å². The van der Waals surface area contributed by atoms with Gasteiger partial charge in [0.15, 0.2) is 0 Å². The number of ether oxygens (including phenoxy) is 2. The molecule has 3 nitrogen and oxygen atoms in total. The summed E-state index contributed by atoms with van der Waals surface area (Å²) in [7, 11) is 3.56. The van der Waals surface area contributed by atoms with Crippen molar-refractivity contribution in [3.05, 3.63) is 0 Å². The maximum absolute atomic E-state index is 5.56. The van der Waals surface area contributed by atoms with Crippen molar-refractivity contribution in [1.29, 1.82) is 0 Å². The van der Waals surface area contributed by atoms with Gasteiger partial charge in [0.25, 0.3) is 0 Å². The van der Waals surface area contributed by atoms with Crippen LogP contribution in [-0.2, 0) is 9.47 Å². The van der Waals surface area contributed by atoms with Crippen molar-refractivity contribution < 1.29 is 9.47 Å². The Morgan fingerprint density at radius 1 is 1.19 bits per heavy atom. The zero-order valence-corrected chi connectivity index (χ0v) is 11.6. The summed E-state index contributed by atoms with van der Waals surface area (Å²) in [6.07, 6.45) is 3.60. The molecule has 0 aliphatic heterocycles. The van der Waals surface area contributed by atoms with Gasteiger partial charge in [0.1, 0.15) is 0 Å². The smallest absolute Gasteiger partial charge is 0.0724 e. The molecule has 3 heteroatoms. The largest absolute Gasteiger partial charge is 0.385 e. The Bertz CT molecular complexity index is 149. The first kappa shape index (κ1) is 15.9. The van der Waals surface area contributed by atoms with E-state index in [1.54, 1.807) is 14.2 Å². The molecule has 0 spiro atoms. The van der Waals surface area contributed by atoms with Gasteiger partial charge in [-0.15, -0.1) is 0 Å². The fourth-order valence-electron chi connectivity index (χ4n) is 2.06. The van der Waals surface area contributed by atoms with E-state index in [0.29, 0.717) is 18.1 Å². The predicted molar refractivity (Wildman–Crippen MR) is 68.8 cm³/mol. The Morgan fingerprint density at radius 3 is 2.31 bits per heavy atom. The Hall–Kier alpha value is -0.120. The van der Waals surface area contributed by atoms with Crippen molar-refractivity contribution in [2.45, 2.75) is 52.2 Å². The zero-order valence-electron chi connectivity index (χ0n) is 11.6. The van der Waals surface area contributed by atoms with Gasteiger partial charge >= 0.3 is 0 Å². The second kappa shape index (κ2) is 10.1. The van der Waals surface area contributed by atoms with E-state index in [1.165, 1.54) is 0 Å². The molecule has 0 amide bonds. The molecule has 16 heavy (non-hydrogen) atoms. The Kier molecular flexibility index (Phi) is 9.99. The maximum atomic E-state index is 5.56. The van der Waals surface area contributed by atoms with Crippen LogP contribution >= 0.6 is 0 Å². The highest BCUT2D eigenvalue weighted by Gasteiger charge is 2.24. The van der Waals surface area contributed by atoms with Crippen LogP contribution < -0.4 is 5.32 Å². The molecular formula is C13H29NO2. The van der Waals surface area contributed by atoms with E-state index in [2.05, 4.69) is 26.1 Å². The first-order valence-corrected chi connectivity index (χ1v) is 6.46. The van der Waals surface area contributed by atoms with Crippen molar-refractivity contribution in [3.63, 3.8) is 0 Å². The second-order valence-electron chi connectivity index (χ2n) is 4.42. The third-order valence-corrected chi connectivity index (χ3v) is 3.13. The molecule has 0 saturated carbocycles. The number of nitrogens with one attached hydrogen (secondary N) is 1. The van der Waals surface area contributed by atoms with Gasteiger partial charge in [-0.05, 0) is 31.7 Å². The van der Waals surface area contributed by atoms with Crippen LogP contribution in [0, 0.1) is 5.92 Å². The van der Waals surface area contributed by atoms with Gasteiger partial charge in [0.2, 0.25) is 0 Å². The maximum Gasteiger partial charge on any atom is 0.0724 e. The standard InChI is InChI=1S/C13H29NO2/c1-6-9-14-13(12(7-2)16-5)11(3)8-10-15-4/h11-14H,6-10H2,1-5H3. The Balaban J connectivity index is 4.25. The van der Waals surface area contributed by atoms with E-state index < -0.39 is 0 Å². The van der Waals surface area contributed by atoms with Crippen LogP contribution in [0.2, 0.25) is 0 Å². The van der Waals surface area contributed by atoms with Crippen LogP contribution in [-0.4, -0.2) is 39.5 Å². The average molecular weight is 231 g/mol.